The Balaban J connectivity index is 2.50. The first-order chi connectivity index (χ1) is 4.97. The number of nitrogens with one attached hydrogen (secondary N) is 1. The molecule has 0 saturated heterocycles. The van der Waals surface area contributed by atoms with E-state index in [1.54, 1.807) is 0 Å². The molecule has 1 aromatic heterocycles. The SMILES string of the molecule is C1=CNc2csnc2C=C1. The van der Waals surface area contributed by atoms with Gasteiger partial charge in [0.2, 0.25) is 0 Å². The van der Waals surface area contributed by atoms with Crippen LogP contribution in [0.15, 0.2) is 23.7 Å². The summed E-state index contributed by atoms with van der Waals surface area (Å²) in [5.41, 5.74) is 2.12. The lowest BCUT2D eigenvalue weighted by Crippen LogP contribution is -1.84. The number of fused-ring (bicyclic) bond motifs is 1. The molecule has 10 heavy (non-hydrogen) atoms. The molecule has 0 spiro atoms. The van der Waals surface area contributed by atoms with Crippen molar-refractivity contribution in [3.05, 3.63) is 29.4 Å². The Labute approximate surface area is 63.1 Å². The lowest BCUT2D eigenvalue weighted by atomic mass is 10.3. The summed E-state index contributed by atoms with van der Waals surface area (Å²) in [4.78, 5) is 0. The Kier molecular flexibility index (Phi) is 1.29. The zero-order chi connectivity index (χ0) is 6.81. The Bertz CT molecular complexity index is 286. The van der Waals surface area contributed by atoms with Crippen LogP contribution in [-0.2, 0) is 0 Å². The van der Waals surface area contributed by atoms with Crippen LogP contribution < -0.4 is 5.32 Å². The van der Waals surface area contributed by atoms with Crippen molar-refractivity contribution in [2.45, 2.75) is 0 Å². The summed E-state index contributed by atoms with van der Waals surface area (Å²) in [6.07, 6.45) is 7.81. The van der Waals surface area contributed by atoms with Crippen molar-refractivity contribution >= 4 is 23.3 Å². The molecule has 0 saturated carbocycles. The van der Waals surface area contributed by atoms with Gasteiger partial charge in [0.25, 0.3) is 0 Å². The van der Waals surface area contributed by atoms with Gasteiger partial charge in [-0.15, -0.1) is 0 Å². The van der Waals surface area contributed by atoms with E-state index in [4.69, 9.17) is 0 Å². The van der Waals surface area contributed by atoms with Crippen molar-refractivity contribution in [2.75, 3.05) is 5.32 Å². The highest BCUT2D eigenvalue weighted by Crippen LogP contribution is 2.19. The lowest BCUT2D eigenvalue weighted by molar-refractivity contribution is 1.50. The van der Waals surface area contributed by atoms with Crippen LogP contribution in [0.5, 0.6) is 0 Å². The van der Waals surface area contributed by atoms with Crippen molar-refractivity contribution in [1.82, 2.24) is 4.37 Å². The molecule has 2 rings (SSSR count). The molecule has 0 unspecified atom stereocenters. The zero-order valence-electron chi connectivity index (χ0n) is 5.24. The van der Waals surface area contributed by atoms with Gasteiger partial charge in [-0.05, 0) is 23.7 Å². The van der Waals surface area contributed by atoms with Crippen LogP contribution >= 0.6 is 11.5 Å². The molecule has 3 heteroatoms. The largest absolute Gasteiger partial charge is 0.359 e. The first-order valence-electron chi connectivity index (χ1n) is 3.01. The molecule has 0 aliphatic carbocycles. The van der Waals surface area contributed by atoms with Gasteiger partial charge in [-0.3, -0.25) is 0 Å². The second-order valence-electron chi connectivity index (χ2n) is 1.98. The van der Waals surface area contributed by atoms with Crippen molar-refractivity contribution in [2.24, 2.45) is 0 Å². The van der Waals surface area contributed by atoms with Gasteiger partial charge in [-0.1, -0.05) is 6.08 Å². The van der Waals surface area contributed by atoms with E-state index >= 15 is 0 Å². The van der Waals surface area contributed by atoms with E-state index in [1.165, 1.54) is 11.5 Å². The third kappa shape index (κ3) is 0.844. The van der Waals surface area contributed by atoms with Gasteiger partial charge in [0.1, 0.15) is 5.69 Å². The monoisotopic (exact) mass is 150 g/mol. The number of hydrogen-bond donors (Lipinski definition) is 1. The van der Waals surface area contributed by atoms with E-state index in [9.17, 15) is 0 Å². The van der Waals surface area contributed by atoms with E-state index in [0.29, 0.717) is 0 Å². The highest BCUT2D eigenvalue weighted by molar-refractivity contribution is 7.04. The lowest BCUT2D eigenvalue weighted by Gasteiger charge is -1.92. The summed E-state index contributed by atoms with van der Waals surface area (Å²) in [7, 11) is 0. The van der Waals surface area contributed by atoms with Gasteiger partial charge >= 0.3 is 0 Å². The molecular formula is C7H6N2S. The third-order valence-corrected chi connectivity index (χ3v) is 1.94. The summed E-state index contributed by atoms with van der Waals surface area (Å²) in [5.74, 6) is 0. The summed E-state index contributed by atoms with van der Waals surface area (Å²) in [5, 5.41) is 5.11. The smallest absolute Gasteiger partial charge is 0.100 e. The molecule has 0 amide bonds. The van der Waals surface area contributed by atoms with Crippen molar-refractivity contribution in [1.29, 1.82) is 0 Å². The van der Waals surface area contributed by atoms with Crippen molar-refractivity contribution < 1.29 is 0 Å². The minimum absolute atomic E-state index is 1.02. The molecule has 50 valence electrons. The highest BCUT2D eigenvalue weighted by atomic mass is 32.1. The molecule has 2 nitrogen and oxygen atoms in total. The van der Waals surface area contributed by atoms with Crippen molar-refractivity contribution in [3.63, 3.8) is 0 Å². The molecule has 1 aromatic rings. The Morgan fingerprint density at radius 2 is 2.40 bits per heavy atom. The minimum Gasteiger partial charge on any atom is -0.359 e. The van der Waals surface area contributed by atoms with Crippen LogP contribution in [0.25, 0.3) is 6.08 Å². The maximum atomic E-state index is 4.17. The summed E-state index contributed by atoms with van der Waals surface area (Å²) in [6, 6.07) is 0. The van der Waals surface area contributed by atoms with Gasteiger partial charge in [0, 0.05) is 11.6 Å². The van der Waals surface area contributed by atoms with Gasteiger partial charge in [-0.2, -0.15) is 4.37 Å². The third-order valence-electron chi connectivity index (χ3n) is 1.30. The maximum absolute atomic E-state index is 4.17. The van der Waals surface area contributed by atoms with Crippen LogP contribution in [-0.4, -0.2) is 4.37 Å². The molecule has 1 aliphatic heterocycles. The predicted molar refractivity (Wildman–Crippen MR) is 43.9 cm³/mol. The Hall–Kier alpha value is -1.09. The van der Waals surface area contributed by atoms with Gasteiger partial charge in [0.05, 0.1) is 5.69 Å². The molecule has 0 fully saturated rings. The second kappa shape index (κ2) is 2.27. The summed E-state index contributed by atoms with van der Waals surface area (Å²) >= 11 is 1.47. The quantitative estimate of drug-likeness (QED) is 0.612. The molecular weight excluding hydrogens is 144 g/mol. The predicted octanol–water partition coefficient (Wildman–Crippen LogP) is 2.10. The Morgan fingerprint density at radius 1 is 1.40 bits per heavy atom. The molecule has 1 N–H and O–H groups in total. The highest BCUT2D eigenvalue weighted by Gasteiger charge is 2.00. The van der Waals surface area contributed by atoms with E-state index in [2.05, 4.69) is 9.69 Å². The zero-order valence-corrected chi connectivity index (χ0v) is 6.06. The number of aromatic nitrogens is 1. The fraction of sp³-hybridized carbons (Fsp3) is 0. The standard InChI is InChI=1S/C7H6N2S/c1-2-4-8-7-5-10-9-6(7)3-1/h1-5,8H. The molecule has 0 radical (unpaired) electrons. The second-order valence-corrected chi connectivity index (χ2v) is 2.61. The van der Waals surface area contributed by atoms with E-state index in [0.717, 1.165) is 11.4 Å². The van der Waals surface area contributed by atoms with E-state index < -0.39 is 0 Å². The maximum Gasteiger partial charge on any atom is 0.100 e. The van der Waals surface area contributed by atoms with Crippen LogP contribution in [0.3, 0.4) is 0 Å². The first kappa shape index (κ1) is 5.68. The first-order valence-corrected chi connectivity index (χ1v) is 3.84. The average molecular weight is 150 g/mol. The molecule has 1 aliphatic rings. The number of nitrogens with zero attached hydrogens (tertiary/aromatic N) is 1. The number of hydrogen-bond acceptors (Lipinski definition) is 3. The van der Waals surface area contributed by atoms with Crippen LogP contribution in [0.2, 0.25) is 0 Å². The molecule has 0 bridgehead atoms. The molecule has 0 aromatic carbocycles. The van der Waals surface area contributed by atoms with E-state index in [-0.39, 0.29) is 0 Å². The minimum atomic E-state index is 1.02. The molecule has 0 atom stereocenters. The fourth-order valence-corrected chi connectivity index (χ4v) is 1.43. The van der Waals surface area contributed by atoms with Crippen LogP contribution in [0.4, 0.5) is 5.69 Å². The van der Waals surface area contributed by atoms with Gasteiger partial charge in [-0.25, -0.2) is 0 Å². The summed E-state index contributed by atoms with van der Waals surface area (Å²) in [6.45, 7) is 0. The van der Waals surface area contributed by atoms with Crippen molar-refractivity contribution in [3.8, 4) is 0 Å². The van der Waals surface area contributed by atoms with Gasteiger partial charge < -0.3 is 5.32 Å². The van der Waals surface area contributed by atoms with Crippen LogP contribution in [0.1, 0.15) is 5.69 Å². The normalized spacial score (nSPS) is 14.0. The number of anilines is 1. The summed E-state index contributed by atoms with van der Waals surface area (Å²) < 4.78 is 4.17. The number of allylic oxidation sites excluding steroid dienone is 2. The van der Waals surface area contributed by atoms with Gasteiger partial charge in [0.15, 0.2) is 0 Å². The average Bonchev–Trinajstić information content (AvgIpc) is 2.28. The van der Waals surface area contributed by atoms with E-state index in [1.807, 2.05) is 29.8 Å². The fourth-order valence-electron chi connectivity index (χ4n) is 0.814. The Morgan fingerprint density at radius 3 is 3.40 bits per heavy atom. The van der Waals surface area contributed by atoms with Crippen LogP contribution in [0, 0.1) is 0 Å². The molecule has 2 heterocycles. The number of rotatable bonds is 0. The topological polar surface area (TPSA) is 24.9 Å².